The van der Waals surface area contributed by atoms with Gasteiger partial charge in [0.2, 0.25) is 0 Å². The molecule has 2 saturated heterocycles. The zero-order chi connectivity index (χ0) is 23.1. The van der Waals surface area contributed by atoms with Gasteiger partial charge in [0.1, 0.15) is 16.6 Å². The molecule has 6 nitrogen and oxygen atoms in total. The molecule has 33 heavy (non-hydrogen) atoms. The maximum atomic E-state index is 7.08. The van der Waals surface area contributed by atoms with Gasteiger partial charge in [-0.05, 0) is 64.4 Å². The molecule has 2 aliphatic rings. The van der Waals surface area contributed by atoms with Crippen LogP contribution in [0.2, 0.25) is 10.2 Å². The highest BCUT2D eigenvalue weighted by Crippen LogP contribution is 2.43. The van der Waals surface area contributed by atoms with Crippen molar-refractivity contribution in [3.8, 4) is 0 Å². The third kappa shape index (κ3) is 4.23. The van der Waals surface area contributed by atoms with E-state index in [2.05, 4.69) is 63.2 Å². The summed E-state index contributed by atoms with van der Waals surface area (Å²) < 4.78 is 2.13. The molecule has 2 atom stereocenters. The van der Waals surface area contributed by atoms with Gasteiger partial charge in [-0.3, -0.25) is 19.2 Å². The number of nitrogens with zero attached hydrogens (tertiary/aromatic N) is 6. The summed E-state index contributed by atoms with van der Waals surface area (Å²) >= 11 is 13.6. The molecular formula is C25H32Cl2N6. The topological polar surface area (TPSA) is 39.9 Å². The van der Waals surface area contributed by atoms with Crippen LogP contribution in [-0.2, 0) is 0 Å². The van der Waals surface area contributed by atoms with Gasteiger partial charge in [-0.25, -0.2) is 4.98 Å². The second-order valence-corrected chi connectivity index (χ2v) is 10.2. The van der Waals surface area contributed by atoms with Crippen molar-refractivity contribution in [2.75, 3.05) is 38.1 Å². The van der Waals surface area contributed by atoms with E-state index in [0.29, 0.717) is 6.04 Å². The maximum Gasteiger partial charge on any atom is 0.139 e. The van der Waals surface area contributed by atoms with Crippen molar-refractivity contribution in [2.45, 2.75) is 51.2 Å². The summed E-state index contributed by atoms with van der Waals surface area (Å²) in [5.41, 5.74) is 2.80. The van der Waals surface area contributed by atoms with E-state index in [4.69, 9.17) is 28.2 Å². The molecule has 176 valence electrons. The Morgan fingerprint density at radius 1 is 0.939 bits per heavy atom. The smallest absolute Gasteiger partial charge is 0.139 e. The van der Waals surface area contributed by atoms with Crippen LogP contribution < -0.4 is 4.90 Å². The monoisotopic (exact) mass is 486 g/mol. The number of hydrogen-bond donors (Lipinski definition) is 0. The Morgan fingerprint density at radius 2 is 1.67 bits per heavy atom. The largest absolute Gasteiger partial charge is 0.355 e. The van der Waals surface area contributed by atoms with Crippen LogP contribution in [-0.4, -0.2) is 63.4 Å². The average molecular weight is 487 g/mol. The molecule has 0 aliphatic carbocycles. The summed E-state index contributed by atoms with van der Waals surface area (Å²) in [6.07, 6.45) is 4.95. The second kappa shape index (κ2) is 9.41. The fraction of sp³-hybridized carbons (Fsp3) is 0.520. The molecule has 8 heteroatoms. The lowest BCUT2D eigenvalue weighted by molar-refractivity contribution is 0.110. The Morgan fingerprint density at radius 3 is 2.36 bits per heavy atom. The normalized spacial score (nSPS) is 23.0. The summed E-state index contributed by atoms with van der Waals surface area (Å²) in [5, 5.41) is 1.44. The Balaban J connectivity index is 1.47. The van der Waals surface area contributed by atoms with Crippen molar-refractivity contribution < 1.29 is 0 Å². The number of hydrogen-bond acceptors (Lipinski definition) is 5. The SMILES string of the molecule is CC(C)N1CCN(c2cccc3nc([C@H]4CCC[C@@H](c5ncccc5Cl)N4C)c(Cl)n23)CC1. The number of anilines is 1. The van der Waals surface area contributed by atoms with E-state index < -0.39 is 0 Å². The maximum absolute atomic E-state index is 7.08. The molecule has 0 N–H and O–H groups in total. The summed E-state index contributed by atoms with van der Waals surface area (Å²) in [6, 6.07) is 11.0. The average Bonchev–Trinajstić information content (AvgIpc) is 3.16. The van der Waals surface area contributed by atoms with Crippen LogP contribution in [0.15, 0.2) is 36.5 Å². The minimum atomic E-state index is 0.125. The molecule has 0 saturated carbocycles. The molecule has 0 radical (unpaired) electrons. The molecule has 3 aromatic rings. The van der Waals surface area contributed by atoms with Crippen molar-refractivity contribution in [3.05, 3.63) is 58.1 Å². The van der Waals surface area contributed by atoms with Gasteiger partial charge in [0.25, 0.3) is 0 Å². The quantitative estimate of drug-likeness (QED) is 0.489. The zero-order valence-corrected chi connectivity index (χ0v) is 21.1. The number of likely N-dealkylation sites (tertiary alicyclic amines) is 1. The van der Waals surface area contributed by atoms with E-state index in [1.165, 1.54) is 0 Å². The highest BCUT2D eigenvalue weighted by molar-refractivity contribution is 6.31. The van der Waals surface area contributed by atoms with Gasteiger partial charge < -0.3 is 4.90 Å². The Labute approximate surface area is 206 Å². The van der Waals surface area contributed by atoms with Crippen LogP contribution in [0.3, 0.4) is 0 Å². The fourth-order valence-corrected chi connectivity index (χ4v) is 6.01. The van der Waals surface area contributed by atoms with Crippen LogP contribution in [0.4, 0.5) is 5.82 Å². The van der Waals surface area contributed by atoms with E-state index in [0.717, 1.165) is 78.5 Å². The van der Waals surface area contributed by atoms with Crippen molar-refractivity contribution in [2.24, 2.45) is 0 Å². The number of aromatic nitrogens is 3. The first kappa shape index (κ1) is 22.9. The van der Waals surface area contributed by atoms with E-state index in [1.807, 2.05) is 18.3 Å². The standard InChI is InChI=1S/C25H32Cl2N6/c1-17(2)31-13-15-32(16-14-31)22-11-5-10-21-29-24(25(27)33(21)22)20-9-4-8-19(30(20)3)23-18(26)7-6-12-28-23/h5-7,10-12,17,19-20H,4,8-9,13-16H2,1-3H3/t19-,20+/m0/s1. The number of imidazole rings is 1. The minimum Gasteiger partial charge on any atom is -0.355 e. The molecule has 2 fully saturated rings. The molecule has 0 unspecified atom stereocenters. The van der Waals surface area contributed by atoms with Crippen molar-refractivity contribution in [1.82, 2.24) is 24.2 Å². The summed E-state index contributed by atoms with van der Waals surface area (Å²) in [4.78, 5) is 16.9. The van der Waals surface area contributed by atoms with E-state index in [-0.39, 0.29) is 12.1 Å². The third-order valence-corrected chi connectivity index (χ3v) is 8.00. The van der Waals surface area contributed by atoms with Gasteiger partial charge in [0.15, 0.2) is 0 Å². The molecule has 0 amide bonds. The number of pyridine rings is 2. The van der Waals surface area contributed by atoms with Crippen molar-refractivity contribution in [1.29, 1.82) is 0 Å². The van der Waals surface area contributed by atoms with Gasteiger partial charge in [0, 0.05) is 38.4 Å². The highest BCUT2D eigenvalue weighted by Gasteiger charge is 2.35. The lowest BCUT2D eigenvalue weighted by Crippen LogP contribution is -2.49. The predicted octanol–water partition coefficient (Wildman–Crippen LogP) is 5.46. The van der Waals surface area contributed by atoms with Crippen LogP contribution in [0.1, 0.15) is 56.6 Å². The molecule has 3 aromatic heterocycles. The van der Waals surface area contributed by atoms with Crippen LogP contribution in [0, 0.1) is 0 Å². The van der Waals surface area contributed by atoms with Crippen molar-refractivity contribution in [3.63, 3.8) is 0 Å². The molecule has 5 rings (SSSR count). The summed E-state index contributed by atoms with van der Waals surface area (Å²) in [6.45, 7) is 8.63. The lowest BCUT2D eigenvalue weighted by Gasteiger charge is -2.39. The summed E-state index contributed by atoms with van der Waals surface area (Å²) in [7, 11) is 2.14. The fourth-order valence-electron chi connectivity index (χ4n) is 5.42. The number of piperazine rings is 1. The zero-order valence-electron chi connectivity index (χ0n) is 19.6. The van der Waals surface area contributed by atoms with Gasteiger partial charge in [-0.15, -0.1) is 0 Å². The number of halogens is 2. The number of rotatable bonds is 4. The number of fused-ring (bicyclic) bond motifs is 1. The van der Waals surface area contributed by atoms with E-state index in [9.17, 15) is 0 Å². The first-order valence-electron chi connectivity index (χ1n) is 11.9. The molecular weight excluding hydrogens is 455 g/mol. The Bertz CT molecular complexity index is 1120. The van der Waals surface area contributed by atoms with E-state index in [1.54, 1.807) is 0 Å². The Hall–Kier alpha value is -1.86. The lowest BCUT2D eigenvalue weighted by atomic mass is 9.92. The highest BCUT2D eigenvalue weighted by atomic mass is 35.5. The number of piperidine rings is 1. The molecule has 2 aliphatic heterocycles. The Kier molecular flexibility index (Phi) is 6.54. The molecule has 0 spiro atoms. The van der Waals surface area contributed by atoms with Crippen LogP contribution in [0.5, 0.6) is 0 Å². The first-order valence-corrected chi connectivity index (χ1v) is 12.7. The van der Waals surface area contributed by atoms with Gasteiger partial charge in [-0.1, -0.05) is 29.3 Å². The van der Waals surface area contributed by atoms with Crippen molar-refractivity contribution >= 4 is 34.7 Å². The van der Waals surface area contributed by atoms with Gasteiger partial charge in [0.05, 0.1) is 28.5 Å². The summed E-state index contributed by atoms with van der Waals surface area (Å²) in [5.74, 6) is 1.13. The molecule has 0 aromatic carbocycles. The first-order chi connectivity index (χ1) is 16.0. The van der Waals surface area contributed by atoms with Gasteiger partial charge >= 0.3 is 0 Å². The second-order valence-electron chi connectivity index (χ2n) is 9.48. The van der Waals surface area contributed by atoms with Crippen LogP contribution >= 0.6 is 23.2 Å². The van der Waals surface area contributed by atoms with E-state index >= 15 is 0 Å². The third-order valence-electron chi connectivity index (χ3n) is 7.32. The van der Waals surface area contributed by atoms with Crippen LogP contribution in [0.25, 0.3) is 5.65 Å². The minimum absolute atomic E-state index is 0.125. The predicted molar refractivity (Wildman–Crippen MR) is 135 cm³/mol. The molecule has 5 heterocycles. The molecule has 0 bridgehead atoms. The van der Waals surface area contributed by atoms with Gasteiger partial charge in [-0.2, -0.15) is 0 Å².